The molecule has 11 heteroatoms. The number of nitro benzene ring substituents is 1. The fourth-order valence-corrected chi connectivity index (χ4v) is 3.10. The topological polar surface area (TPSA) is 130 Å². The highest BCUT2D eigenvalue weighted by atomic mass is 35.5. The number of amides is 3. The Balaban J connectivity index is 1.62. The lowest BCUT2D eigenvalue weighted by Gasteiger charge is -2.10. The molecule has 0 bridgehead atoms. The molecule has 3 N–H and O–H groups in total. The predicted molar refractivity (Wildman–Crippen MR) is 119 cm³/mol. The molecule has 0 fully saturated rings. The highest BCUT2D eigenvalue weighted by Gasteiger charge is 2.14. The van der Waals surface area contributed by atoms with Crippen LogP contribution in [-0.4, -0.2) is 22.6 Å². The van der Waals surface area contributed by atoms with Crippen LogP contribution >= 0.6 is 23.2 Å². The number of rotatable bonds is 5. The number of benzene rings is 3. The van der Waals surface area contributed by atoms with Crippen molar-refractivity contribution in [2.45, 2.75) is 0 Å². The van der Waals surface area contributed by atoms with Crippen LogP contribution in [0.3, 0.4) is 0 Å². The molecule has 9 nitrogen and oxygen atoms in total. The zero-order valence-electron chi connectivity index (χ0n) is 16.1. The summed E-state index contributed by atoms with van der Waals surface area (Å²) in [5.74, 6) is -1.79. The molecule has 3 amide bonds. The molecule has 0 aliphatic heterocycles. The van der Waals surface area contributed by atoms with Crippen molar-refractivity contribution in [3.63, 3.8) is 0 Å². The van der Waals surface area contributed by atoms with Crippen LogP contribution < -0.4 is 16.2 Å². The van der Waals surface area contributed by atoms with Gasteiger partial charge in [-0.1, -0.05) is 29.3 Å². The number of nitro groups is 1. The van der Waals surface area contributed by atoms with E-state index in [1.165, 1.54) is 54.6 Å². The van der Waals surface area contributed by atoms with Gasteiger partial charge in [-0.05, 0) is 48.5 Å². The van der Waals surface area contributed by atoms with E-state index in [2.05, 4.69) is 16.2 Å². The quantitative estimate of drug-likeness (QED) is 0.377. The summed E-state index contributed by atoms with van der Waals surface area (Å²) in [4.78, 5) is 47.0. The first-order valence-corrected chi connectivity index (χ1v) is 9.72. The summed E-state index contributed by atoms with van der Waals surface area (Å²) in [5.41, 5.74) is 5.12. The minimum absolute atomic E-state index is 0.122. The van der Waals surface area contributed by atoms with Crippen molar-refractivity contribution < 1.29 is 19.3 Å². The molecule has 3 rings (SSSR count). The summed E-state index contributed by atoms with van der Waals surface area (Å²) in [7, 11) is 0. The number of hydrogen-bond acceptors (Lipinski definition) is 5. The molecule has 0 aliphatic carbocycles. The molecule has 0 aromatic heterocycles. The van der Waals surface area contributed by atoms with Crippen LogP contribution in [0.1, 0.15) is 31.1 Å². The summed E-state index contributed by atoms with van der Waals surface area (Å²) < 4.78 is 0. The van der Waals surface area contributed by atoms with Crippen LogP contribution in [0.2, 0.25) is 10.0 Å². The summed E-state index contributed by atoms with van der Waals surface area (Å²) in [6, 6.07) is 15.3. The second kappa shape index (κ2) is 9.90. The van der Waals surface area contributed by atoms with E-state index in [0.29, 0.717) is 10.7 Å². The van der Waals surface area contributed by atoms with Crippen LogP contribution in [-0.2, 0) is 0 Å². The van der Waals surface area contributed by atoms with E-state index < -0.39 is 22.6 Å². The first-order valence-electron chi connectivity index (χ1n) is 8.96. The number of carbonyl (C=O) groups excluding carboxylic acids is 3. The molecular weight excluding hydrogens is 459 g/mol. The molecular formula is C21H14Cl2N4O5. The second-order valence-corrected chi connectivity index (χ2v) is 7.21. The van der Waals surface area contributed by atoms with Crippen LogP contribution in [0.15, 0.2) is 66.7 Å². The van der Waals surface area contributed by atoms with Gasteiger partial charge in [-0.25, -0.2) is 0 Å². The Bertz CT molecular complexity index is 1220. The predicted octanol–water partition coefficient (Wildman–Crippen LogP) is 4.23. The first kappa shape index (κ1) is 22.7. The fraction of sp³-hybridized carbons (Fsp3) is 0. The Kier molecular flexibility index (Phi) is 7.04. The molecule has 0 radical (unpaired) electrons. The van der Waals surface area contributed by atoms with Gasteiger partial charge in [0, 0.05) is 34.0 Å². The van der Waals surface area contributed by atoms with Gasteiger partial charge in [-0.15, -0.1) is 0 Å². The Morgan fingerprint density at radius 1 is 0.781 bits per heavy atom. The van der Waals surface area contributed by atoms with E-state index in [-0.39, 0.29) is 27.4 Å². The number of halogens is 2. The summed E-state index contributed by atoms with van der Waals surface area (Å²) in [6.07, 6.45) is 0. The zero-order valence-corrected chi connectivity index (χ0v) is 17.6. The third-order valence-electron chi connectivity index (χ3n) is 4.19. The SMILES string of the molecule is O=C(NNC(=O)c1cccc(NC(=O)c2ccc(Cl)cc2Cl)c1)c1ccc([N+](=O)[O-])cc1. The maximum Gasteiger partial charge on any atom is 0.269 e. The number of hydrogen-bond donors (Lipinski definition) is 3. The van der Waals surface area contributed by atoms with Gasteiger partial charge in [-0.2, -0.15) is 0 Å². The summed E-state index contributed by atoms with van der Waals surface area (Å²) in [6.45, 7) is 0. The van der Waals surface area contributed by atoms with Crippen LogP contribution in [0.5, 0.6) is 0 Å². The maximum absolute atomic E-state index is 12.4. The van der Waals surface area contributed by atoms with E-state index in [9.17, 15) is 24.5 Å². The smallest absolute Gasteiger partial charge is 0.269 e. The maximum atomic E-state index is 12.4. The monoisotopic (exact) mass is 472 g/mol. The summed E-state index contributed by atoms with van der Waals surface area (Å²) in [5, 5.41) is 13.9. The van der Waals surface area contributed by atoms with Crippen LogP contribution in [0.25, 0.3) is 0 Å². The first-order chi connectivity index (χ1) is 15.2. The van der Waals surface area contributed by atoms with Crippen molar-refractivity contribution in [2.75, 3.05) is 5.32 Å². The average molecular weight is 473 g/mol. The molecule has 0 unspecified atom stereocenters. The van der Waals surface area contributed by atoms with E-state index in [1.54, 1.807) is 12.1 Å². The number of carbonyl (C=O) groups is 3. The Morgan fingerprint density at radius 2 is 1.44 bits per heavy atom. The molecule has 32 heavy (non-hydrogen) atoms. The van der Waals surface area contributed by atoms with Crippen LogP contribution in [0, 0.1) is 10.1 Å². The van der Waals surface area contributed by atoms with Gasteiger partial charge < -0.3 is 5.32 Å². The number of anilines is 1. The third kappa shape index (κ3) is 5.60. The van der Waals surface area contributed by atoms with Gasteiger partial charge in [0.15, 0.2) is 0 Å². The minimum atomic E-state index is -0.657. The van der Waals surface area contributed by atoms with Crippen molar-refractivity contribution in [1.29, 1.82) is 0 Å². The van der Waals surface area contributed by atoms with E-state index in [0.717, 1.165) is 0 Å². The van der Waals surface area contributed by atoms with E-state index in [4.69, 9.17) is 23.2 Å². The fourth-order valence-electron chi connectivity index (χ4n) is 2.60. The highest BCUT2D eigenvalue weighted by Crippen LogP contribution is 2.22. The number of hydrazine groups is 1. The summed E-state index contributed by atoms with van der Waals surface area (Å²) >= 11 is 11.9. The Hall–Kier alpha value is -3.95. The van der Waals surface area contributed by atoms with E-state index in [1.807, 2.05) is 0 Å². The molecule has 0 aliphatic rings. The third-order valence-corrected chi connectivity index (χ3v) is 4.74. The van der Waals surface area contributed by atoms with Crippen molar-refractivity contribution >= 4 is 52.3 Å². The van der Waals surface area contributed by atoms with E-state index >= 15 is 0 Å². The van der Waals surface area contributed by atoms with Crippen molar-refractivity contribution in [2.24, 2.45) is 0 Å². The average Bonchev–Trinajstić information content (AvgIpc) is 2.77. The molecule has 0 saturated heterocycles. The standard InChI is InChI=1S/C21H14Cl2N4O5/c22-14-6-9-17(18(23)11-14)21(30)24-15-3-1-2-13(10-15)20(29)26-25-19(28)12-4-7-16(8-5-12)27(31)32/h1-11H,(H,24,30)(H,25,28)(H,26,29). The molecule has 0 heterocycles. The Morgan fingerprint density at radius 3 is 2.06 bits per heavy atom. The van der Waals surface area contributed by atoms with Crippen LogP contribution in [0.4, 0.5) is 11.4 Å². The Labute approximate surface area is 191 Å². The number of non-ortho nitro benzene ring substituents is 1. The number of nitrogens with zero attached hydrogens (tertiary/aromatic N) is 1. The molecule has 0 spiro atoms. The van der Waals surface area contributed by atoms with Crippen molar-refractivity contribution in [1.82, 2.24) is 10.9 Å². The van der Waals surface area contributed by atoms with Gasteiger partial charge >= 0.3 is 0 Å². The molecule has 3 aromatic rings. The van der Waals surface area contributed by atoms with Gasteiger partial charge in [0.05, 0.1) is 15.5 Å². The molecule has 162 valence electrons. The lowest BCUT2D eigenvalue weighted by Crippen LogP contribution is -2.41. The molecule has 0 saturated carbocycles. The normalized spacial score (nSPS) is 10.2. The van der Waals surface area contributed by atoms with Gasteiger partial charge in [0.2, 0.25) is 0 Å². The van der Waals surface area contributed by atoms with Gasteiger partial charge in [0.25, 0.3) is 23.4 Å². The lowest BCUT2D eigenvalue weighted by molar-refractivity contribution is -0.384. The van der Waals surface area contributed by atoms with Crippen molar-refractivity contribution in [3.05, 3.63) is 104 Å². The second-order valence-electron chi connectivity index (χ2n) is 6.37. The van der Waals surface area contributed by atoms with Crippen molar-refractivity contribution in [3.8, 4) is 0 Å². The molecule has 3 aromatic carbocycles. The lowest BCUT2D eigenvalue weighted by atomic mass is 10.1. The zero-order chi connectivity index (χ0) is 23.3. The minimum Gasteiger partial charge on any atom is -0.322 e. The number of nitrogens with one attached hydrogen (secondary N) is 3. The van der Waals surface area contributed by atoms with Gasteiger partial charge in [-0.3, -0.25) is 35.3 Å². The molecule has 0 atom stereocenters. The highest BCUT2D eigenvalue weighted by molar-refractivity contribution is 6.37. The van der Waals surface area contributed by atoms with Gasteiger partial charge in [0.1, 0.15) is 0 Å². The largest absolute Gasteiger partial charge is 0.322 e.